The number of aromatic amines is 1. The minimum atomic E-state index is -0.336. The number of fused-ring (bicyclic) bond motifs is 3. The first-order valence-electron chi connectivity index (χ1n) is 9.19. The van der Waals surface area contributed by atoms with Crippen LogP contribution in [0.4, 0.5) is 0 Å². The Kier molecular flexibility index (Phi) is 5.56. The molecule has 30 heavy (non-hydrogen) atoms. The van der Waals surface area contributed by atoms with E-state index in [1.165, 1.54) is 14.2 Å². The maximum atomic E-state index is 12.8. The van der Waals surface area contributed by atoms with E-state index in [0.717, 1.165) is 16.9 Å². The molecule has 0 atom stereocenters. The summed E-state index contributed by atoms with van der Waals surface area (Å²) in [5.41, 5.74) is 1.72. The molecule has 7 nitrogen and oxygen atoms in total. The largest absolute Gasteiger partial charge is 0.493 e. The zero-order chi connectivity index (χ0) is 21.3. The minimum absolute atomic E-state index is 0.278. The Labute approximate surface area is 180 Å². The monoisotopic (exact) mass is 441 g/mol. The van der Waals surface area contributed by atoms with Crippen LogP contribution >= 0.6 is 23.6 Å². The Morgan fingerprint density at radius 3 is 2.57 bits per heavy atom. The summed E-state index contributed by atoms with van der Waals surface area (Å²) in [4.78, 5) is 28.7. The van der Waals surface area contributed by atoms with Crippen LogP contribution in [0.5, 0.6) is 11.5 Å². The second kappa shape index (κ2) is 8.29. The van der Waals surface area contributed by atoms with Gasteiger partial charge in [0, 0.05) is 12.6 Å². The third-order valence-corrected chi connectivity index (χ3v) is 6.15. The highest BCUT2D eigenvalue weighted by Crippen LogP contribution is 2.32. The number of carbonyl (C=O) groups excluding carboxylic acids is 1. The van der Waals surface area contributed by atoms with Gasteiger partial charge in [-0.15, -0.1) is 0 Å². The lowest BCUT2D eigenvalue weighted by molar-refractivity contribution is 0.0959. The lowest BCUT2D eigenvalue weighted by atomic mass is 10.1. The number of nitrogens with zero attached hydrogens (tertiary/aromatic N) is 1. The van der Waals surface area contributed by atoms with Gasteiger partial charge in [0.2, 0.25) is 0 Å². The summed E-state index contributed by atoms with van der Waals surface area (Å²) in [7, 11) is 3.02. The normalized spacial score (nSPS) is 11.0. The highest BCUT2D eigenvalue weighted by atomic mass is 32.1. The van der Waals surface area contributed by atoms with E-state index in [0.29, 0.717) is 49.8 Å². The van der Waals surface area contributed by atoms with Crippen molar-refractivity contribution in [2.24, 2.45) is 0 Å². The summed E-state index contributed by atoms with van der Waals surface area (Å²) in [6.45, 7) is 0.475. The summed E-state index contributed by atoms with van der Waals surface area (Å²) >= 11 is 6.65. The van der Waals surface area contributed by atoms with E-state index in [1.54, 1.807) is 16.5 Å². The first-order chi connectivity index (χ1) is 14.5. The van der Waals surface area contributed by atoms with E-state index in [2.05, 4.69) is 10.3 Å². The Morgan fingerprint density at radius 2 is 1.87 bits per heavy atom. The van der Waals surface area contributed by atoms with Crippen LogP contribution in [0.25, 0.3) is 16.6 Å². The van der Waals surface area contributed by atoms with Crippen LogP contribution in [-0.2, 0) is 6.42 Å². The standard InChI is InChI=1S/C21H19N3O4S2/c1-27-15-10-13-14(11-16(15)28-2)24-18(23-19(13)25)17(30-21(24)29)20(26)22-9-8-12-6-4-3-5-7-12/h3-7,10-11H,8-9H2,1-2H3,(H,22,26)(H,23,25). The average molecular weight is 442 g/mol. The van der Waals surface area contributed by atoms with Gasteiger partial charge in [-0.05, 0) is 30.3 Å². The number of H-pyrrole nitrogens is 1. The molecule has 1 amide bonds. The molecule has 0 aliphatic heterocycles. The number of ether oxygens (including phenoxy) is 2. The summed E-state index contributed by atoms with van der Waals surface area (Å²) in [6.07, 6.45) is 0.709. The molecule has 0 aliphatic carbocycles. The number of methoxy groups -OCH3 is 2. The first kappa shape index (κ1) is 20.1. The Morgan fingerprint density at radius 1 is 1.17 bits per heavy atom. The van der Waals surface area contributed by atoms with Crippen LogP contribution in [0.15, 0.2) is 47.3 Å². The SMILES string of the molecule is COc1cc2c(=O)[nH]c3c(C(=O)NCCc4ccccc4)sc(=S)n3c2cc1OC. The maximum absolute atomic E-state index is 12.8. The van der Waals surface area contributed by atoms with Crippen molar-refractivity contribution in [1.29, 1.82) is 0 Å². The molecule has 0 radical (unpaired) electrons. The molecule has 0 saturated heterocycles. The summed E-state index contributed by atoms with van der Waals surface area (Å²) in [5, 5.41) is 3.30. The van der Waals surface area contributed by atoms with Crippen LogP contribution in [-0.4, -0.2) is 36.1 Å². The van der Waals surface area contributed by atoms with Crippen molar-refractivity contribution in [3.63, 3.8) is 0 Å². The third kappa shape index (κ3) is 3.57. The smallest absolute Gasteiger partial charge is 0.265 e. The van der Waals surface area contributed by atoms with E-state index in [4.69, 9.17) is 21.7 Å². The summed E-state index contributed by atoms with van der Waals surface area (Å²) in [6, 6.07) is 13.2. The molecule has 2 N–H and O–H groups in total. The Balaban J connectivity index is 1.74. The molecule has 9 heteroatoms. The van der Waals surface area contributed by atoms with Gasteiger partial charge in [-0.2, -0.15) is 0 Å². The van der Waals surface area contributed by atoms with E-state index in [1.807, 2.05) is 30.3 Å². The lowest BCUT2D eigenvalue weighted by Crippen LogP contribution is -2.25. The van der Waals surface area contributed by atoms with Crippen molar-refractivity contribution in [2.45, 2.75) is 6.42 Å². The molecule has 2 heterocycles. The van der Waals surface area contributed by atoms with Gasteiger partial charge in [-0.25, -0.2) is 0 Å². The van der Waals surface area contributed by atoms with Crippen LogP contribution in [0, 0.1) is 3.95 Å². The fraction of sp³-hybridized carbons (Fsp3) is 0.190. The van der Waals surface area contributed by atoms with Gasteiger partial charge in [-0.1, -0.05) is 41.7 Å². The fourth-order valence-electron chi connectivity index (χ4n) is 3.31. The molecule has 4 rings (SSSR count). The number of rotatable bonds is 6. The molecule has 4 aromatic rings. The molecule has 0 fully saturated rings. The number of carbonyl (C=O) groups is 1. The third-order valence-electron chi connectivity index (χ3n) is 4.78. The molecule has 0 aliphatic rings. The maximum Gasteiger partial charge on any atom is 0.265 e. The predicted molar refractivity (Wildman–Crippen MR) is 120 cm³/mol. The fourth-order valence-corrected chi connectivity index (χ4v) is 4.61. The molecule has 2 aromatic carbocycles. The van der Waals surface area contributed by atoms with Crippen molar-refractivity contribution in [2.75, 3.05) is 20.8 Å². The van der Waals surface area contributed by atoms with Crippen molar-refractivity contribution < 1.29 is 14.3 Å². The van der Waals surface area contributed by atoms with E-state index >= 15 is 0 Å². The van der Waals surface area contributed by atoms with Gasteiger partial charge in [0.25, 0.3) is 11.5 Å². The van der Waals surface area contributed by atoms with Crippen LogP contribution in [0.3, 0.4) is 0 Å². The summed E-state index contributed by atoms with van der Waals surface area (Å²) < 4.78 is 12.8. The number of nitrogens with one attached hydrogen (secondary N) is 2. The highest BCUT2D eigenvalue weighted by molar-refractivity contribution is 7.73. The van der Waals surface area contributed by atoms with Crippen molar-refractivity contribution >= 4 is 46.0 Å². The first-order valence-corrected chi connectivity index (χ1v) is 10.4. The quantitative estimate of drug-likeness (QED) is 0.447. The number of thiazole rings is 1. The van der Waals surface area contributed by atoms with Gasteiger partial charge < -0.3 is 19.8 Å². The van der Waals surface area contributed by atoms with Crippen LogP contribution < -0.4 is 20.3 Å². The number of aromatic nitrogens is 2. The lowest BCUT2D eigenvalue weighted by Gasteiger charge is -2.10. The average Bonchev–Trinajstić information content (AvgIpc) is 3.09. The van der Waals surface area contributed by atoms with Crippen LogP contribution in [0.1, 0.15) is 15.2 Å². The van der Waals surface area contributed by atoms with E-state index in [-0.39, 0.29) is 11.5 Å². The van der Waals surface area contributed by atoms with Gasteiger partial charge in [-0.3, -0.25) is 14.0 Å². The number of hydrogen-bond acceptors (Lipinski definition) is 6. The predicted octanol–water partition coefficient (Wildman–Crippen LogP) is 3.56. The Hall–Kier alpha value is -3.17. The zero-order valence-electron chi connectivity index (χ0n) is 16.4. The second-order valence-electron chi connectivity index (χ2n) is 6.55. The van der Waals surface area contributed by atoms with Crippen molar-refractivity contribution in [1.82, 2.24) is 14.7 Å². The molecule has 154 valence electrons. The van der Waals surface area contributed by atoms with Crippen LogP contribution in [0.2, 0.25) is 0 Å². The van der Waals surface area contributed by atoms with E-state index < -0.39 is 0 Å². The molecule has 0 saturated carbocycles. The Bertz CT molecular complexity index is 1360. The molecular weight excluding hydrogens is 422 g/mol. The molecule has 0 unspecified atom stereocenters. The topological polar surface area (TPSA) is 84.8 Å². The van der Waals surface area contributed by atoms with Gasteiger partial charge in [0.1, 0.15) is 10.5 Å². The van der Waals surface area contributed by atoms with Gasteiger partial charge in [0.05, 0.1) is 25.1 Å². The molecular formula is C21H19N3O4S2. The number of hydrogen-bond donors (Lipinski definition) is 2. The van der Waals surface area contributed by atoms with Gasteiger partial charge >= 0.3 is 0 Å². The molecule has 0 spiro atoms. The van der Waals surface area contributed by atoms with Crippen molar-refractivity contribution in [3.8, 4) is 11.5 Å². The van der Waals surface area contributed by atoms with E-state index in [9.17, 15) is 9.59 Å². The van der Waals surface area contributed by atoms with Crippen molar-refractivity contribution in [3.05, 3.63) is 67.2 Å². The summed E-state index contributed by atoms with van der Waals surface area (Å²) in [5.74, 6) is 0.634. The van der Waals surface area contributed by atoms with Gasteiger partial charge in [0.15, 0.2) is 15.5 Å². The highest BCUT2D eigenvalue weighted by Gasteiger charge is 2.19. The number of amides is 1. The zero-order valence-corrected chi connectivity index (χ0v) is 18.0. The number of benzene rings is 2. The molecule has 0 bridgehead atoms. The molecule has 2 aromatic heterocycles. The second-order valence-corrected chi connectivity index (χ2v) is 8.20. The minimum Gasteiger partial charge on any atom is -0.493 e.